The van der Waals surface area contributed by atoms with Gasteiger partial charge in [-0.15, -0.1) is 0 Å². The average molecular weight is 246 g/mol. The number of nitrogens with zero attached hydrogens (tertiary/aromatic N) is 1. The first-order valence-corrected chi connectivity index (χ1v) is 5.78. The van der Waals surface area contributed by atoms with Crippen molar-refractivity contribution in [3.8, 4) is 0 Å². The molecular formula is C11H22N2O4. The van der Waals surface area contributed by atoms with E-state index in [1.807, 2.05) is 25.7 Å². The number of likely N-dealkylation sites (N-methyl/N-ethyl adjacent to an activating group) is 1. The Bertz CT molecular complexity index is 256. The van der Waals surface area contributed by atoms with E-state index in [0.29, 0.717) is 13.1 Å². The monoisotopic (exact) mass is 246 g/mol. The van der Waals surface area contributed by atoms with Gasteiger partial charge >= 0.3 is 5.97 Å². The summed E-state index contributed by atoms with van der Waals surface area (Å²) in [5.74, 6) is -1.32. The Kier molecular flexibility index (Phi) is 7.49. The number of hydrogen-bond donors (Lipinski definition) is 3. The molecule has 6 nitrogen and oxygen atoms in total. The molecule has 0 bridgehead atoms. The van der Waals surface area contributed by atoms with Crippen molar-refractivity contribution in [3.63, 3.8) is 0 Å². The predicted molar refractivity (Wildman–Crippen MR) is 63.6 cm³/mol. The zero-order chi connectivity index (χ0) is 13.4. The first kappa shape index (κ1) is 15.9. The Hall–Kier alpha value is -1.14. The molecule has 3 N–H and O–H groups in total. The van der Waals surface area contributed by atoms with Gasteiger partial charge in [-0.05, 0) is 12.5 Å². The Morgan fingerprint density at radius 2 is 1.94 bits per heavy atom. The van der Waals surface area contributed by atoms with Crippen LogP contribution in [0.5, 0.6) is 0 Å². The summed E-state index contributed by atoms with van der Waals surface area (Å²) in [5.41, 5.74) is 0. The highest BCUT2D eigenvalue weighted by Crippen LogP contribution is 2.10. The lowest BCUT2D eigenvalue weighted by molar-refractivity contribution is -0.139. The summed E-state index contributed by atoms with van der Waals surface area (Å²) in [7, 11) is 0. The van der Waals surface area contributed by atoms with Gasteiger partial charge < -0.3 is 15.5 Å². The molecule has 0 heterocycles. The molecule has 0 aliphatic heterocycles. The highest BCUT2D eigenvalue weighted by molar-refractivity contribution is 5.85. The molecule has 0 aromatic rings. The van der Waals surface area contributed by atoms with E-state index in [2.05, 4.69) is 5.32 Å². The molecule has 0 saturated carbocycles. The molecule has 0 fully saturated rings. The molecule has 0 rings (SSSR count). The number of carboxylic acid groups (broad SMARTS) is 1. The van der Waals surface area contributed by atoms with Gasteiger partial charge in [-0.2, -0.15) is 0 Å². The molecule has 0 aromatic carbocycles. The number of amides is 1. The number of rotatable bonds is 8. The Labute approximate surface area is 102 Å². The van der Waals surface area contributed by atoms with Gasteiger partial charge in [0.25, 0.3) is 0 Å². The number of carboxylic acids is 1. The summed E-state index contributed by atoms with van der Waals surface area (Å²) >= 11 is 0. The molecule has 17 heavy (non-hydrogen) atoms. The molecule has 0 radical (unpaired) electrons. The molecule has 1 atom stereocenters. The van der Waals surface area contributed by atoms with E-state index in [4.69, 9.17) is 10.2 Å². The van der Waals surface area contributed by atoms with Crippen molar-refractivity contribution >= 4 is 11.9 Å². The highest BCUT2D eigenvalue weighted by atomic mass is 16.4. The summed E-state index contributed by atoms with van der Waals surface area (Å²) in [6.45, 7) is 6.32. The number of carbonyl (C=O) groups is 2. The molecule has 0 aliphatic carbocycles. The second-order valence-electron chi connectivity index (χ2n) is 4.15. The number of aliphatic carboxylic acids is 1. The first-order chi connectivity index (χ1) is 7.93. The summed E-state index contributed by atoms with van der Waals surface area (Å²) in [5, 5.41) is 19.8. The van der Waals surface area contributed by atoms with Crippen LogP contribution in [0, 0.1) is 5.92 Å². The Morgan fingerprint density at radius 1 is 1.35 bits per heavy atom. The third-order valence-electron chi connectivity index (χ3n) is 2.50. The smallest absolute Gasteiger partial charge is 0.322 e. The Balaban J connectivity index is 4.58. The van der Waals surface area contributed by atoms with Crippen molar-refractivity contribution in [1.82, 2.24) is 10.2 Å². The van der Waals surface area contributed by atoms with Gasteiger partial charge in [0, 0.05) is 6.54 Å². The molecule has 1 unspecified atom stereocenters. The third-order valence-corrected chi connectivity index (χ3v) is 2.50. The maximum atomic E-state index is 11.9. The van der Waals surface area contributed by atoms with Crippen molar-refractivity contribution < 1.29 is 19.8 Å². The van der Waals surface area contributed by atoms with Crippen LogP contribution in [0.4, 0.5) is 0 Å². The highest BCUT2D eigenvalue weighted by Gasteiger charge is 2.27. The Morgan fingerprint density at radius 3 is 2.29 bits per heavy atom. The topological polar surface area (TPSA) is 89.9 Å². The lowest BCUT2D eigenvalue weighted by Gasteiger charge is -2.31. The van der Waals surface area contributed by atoms with Crippen LogP contribution >= 0.6 is 0 Å². The fourth-order valence-corrected chi connectivity index (χ4v) is 1.78. The lowest BCUT2D eigenvalue weighted by Crippen LogP contribution is -2.51. The van der Waals surface area contributed by atoms with E-state index in [0.717, 1.165) is 0 Å². The van der Waals surface area contributed by atoms with Crippen LogP contribution in [0.25, 0.3) is 0 Å². The zero-order valence-electron chi connectivity index (χ0n) is 10.6. The van der Waals surface area contributed by atoms with Gasteiger partial charge in [0.2, 0.25) is 5.91 Å². The normalized spacial score (nSPS) is 12.8. The van der Waals surface area contributed by atoms with Crippen LogP contribution in [-0.4, -0.2) is 59.3 Å². The molecular weight excluding hydrogens is 224 g/mol. The van der Waals surface area contributed by atoms with E-state index in [9.17, 15) is 9.59 Å². The zero-order valence-corrected chi connectivity index (χ0v) is 10.6. The van der Waals surface area contributed by atoms with Gasteiger partial charge in [-0.25, -0.2) is 0 Å². The van der Waals surface area contributed by atoms with E-state index in [1.165, 1.54) is 0 Å². The van der Waals surface area contributed by atoms with Gasteiger partial charge in [0.05, 0.1) is 12.6 Å². The van der Waals surface area contributed by atoms with Gasteiger partial charge in [-0.3, -0.25) is 14.5 Å². The molecule has 0 saturated heterocycles. The van der Waals surface area contributed by atoms with Crippen molar-refractivity contribution in [2.24, 2.45) is 5.92 Å². The summed E-state index contributed by atoms with van der Waals surface area (Å²) in [6, 6.07) is -0.411. The molecule has 0 aliphatic rings. The van der Waals surface area contributed by atoms with Gasteiger partial charge in [0.1, 0.15) is 6.54 Å². The van der Waals surface area contributed by atoms with Gasteiger partial charge in [-0.1, -0.05) is 20.8 Å². The molecule has 0 aromatic heterocycles. The van der Waals surface area contributed by atoms with Crippen LogP contribution < -0.4 is 5.32 Å². The van der Waals surface area contributed by atoms with Crippen LogP contribution in [0.1, 0.15) is 20.8 Å². The summed E-state index contributed by atoms with van der Waals surface area (Å²) in [6.07, 6.45) is 0. The molecule has 1 amide bonds. The van der Waals surface area contributed by atoms with Crippen molar-refractivity contribution in [2.45, 2.75) is 26.8 Å². The first-order valence-electron chi connectivity index (χ1n) is 5.78. The van der Waals surface area contributed by atoms with Crippen LogP contribution in [0.3, 0.4) is 0 Å². The second kappa shape index (κ2) is 8.03. The number of aliphatic hydroxyl groups is 1. The van der Waals surface area contributed by atoms with Crippen LogP contribution in [0.15, 0.2) is 0 Å². The summed E-state index contributed by atoms with van der Waals surface area (Å²) < 4.78 is 0. The third kappa shape index (κ3) is 5.65. The SMILES string of the molecule is CCN(CCO)C(C(=O)NCC(=O)O)C(C)C. The fraction of sp³-hybridized carbons (Fsp3) is 0.818. The number of nitrogens with one attached hydrogen (secondary N) is 1. The fourth-order valence-electron chi connectivity index (χ4n) is 1.78. The minimum absolute atomic E-state index is 0.0245. The van der Waals surface area contributed by atoms with Crippen LogP contribution in [-0.2, 0) is 9.59 Å². The maximum Gasteiger partial charge on any atom is 0.322 e. The minimum Gasteiger partial charge on any atom is -0.480 e. The molecule has 0 spiro atoms. The van der Waals surface area contributed by atoms with Crippen molar-refractivity contribution in [2.75, 3.05) is 26.2 Å². The standard InChI is InChI=1S/C11H22N2O4/c1-4-13(5-6-14)10(8(2)3)11(17)12-7-9(15)16/h8,10,14H,4-7H2,1-3H3,(H,12,17)(H,15,16). The molecule has 6 heteroatoms. The predicted octanol–water partition coefficient (Wildman–Crippen LogP) is -0.474. The van der Waals surface area contributed by atoms with E-state index in [1.54, 1.807) is 0 Å². The van der Waals surface area contributed by atoms with Crippen molar-refractivity contribution in [1.29, 1.82) is 0 Å². The lowest BCUT2D eigenvalue weighted by atomic mass is 10.0. The number of carbonyl (C=O) groups excluding carboxylic acids is 1. The maximum absolute atomic E-state index is 11.9. The van der Waals surface area contributed by atoms with Crippen LogP contribution in [0.2, 0.25) is 0 Å². The number of hydrogen-bond acceptors (Lipinski definition) is 4. The van der Waals surface area contributed by atoms with E-state index >= 15 is 0 Å². The average Bonchev–Trinajstić information content (AvgIpc) is 2.25. The minimum atomic E-state index is -1.06. The van der Waals surface area contributed by atoms with E-state index < -0.39 is 12.0 Å². The summed E-state index contributed by atoms with van der Waals surface area (Å²) in [4.78, 5) is 24.1. The molecule has 100 valence electrons. The number of aliphatic hydroxyl groups excluding tert-OH is 1. The van der Waals surface area contributed by atoms with Gasteiger partial charge in [0.15, 0.2) is 0 Å². The van der Waals surface area contributed by atoms with E-state index in [-0.39, 0.29) is 25.0 Å². The van der Waals surface area contributed by atoms with Crippen molar-refractivity contribution in [3.05, 3.63) is 0 Å². The quantitative estimate of drug-likeness (QED) is 0.538. The largest absolute Gasteiger partial charge is 0.480 e. The second-order valence-corrected chi connectivity index (χ2v) is 4.15.